The van der Waals surface area contributed by atoms with Gasteiger partial charge in [0.1, 0.15) is 12.4 Å². The summed E-state index contributed by atoms with van der Waals surface area (Å²) in [5, 5.41) is 0. The van der Waals surface area contributed by atoms with Crippen molar-refractivity contribution in [1.82, 2.24) is 9.88 Å². The predicted octanol–water partition coefficient (Wildman–Crippen LogP) is 5.13. The van der Waals surface area contributed by atoms with Crippen molar-refractivity contribution in [3.8, 4) is 5.75 Å². The maximum atomic E-state index is 12.6. The van der Waals surface area contributed by atoms with Crippen LogP contribution in [0.2, 0.25) is 0 Å². The van der Waals surface area contributed by atoms with Crippen molar-refractivity contribution in [3.63, 3.8) is 0 Å². The molecule has 0 radical (unpaired) electrons. The normalized spacial score (nSPS) is 14.7. The highest BCUT2D eigenvalue weighted by atomic mass is 32.1. The molecule has 0 N–H and O–H groups in total. The van der Waals surface area contributed by atoms with Crippen molar-refractivity contribution in [3.05, 3.63) is 81.8 Å². The van der Waals surface area contributed by atoms with Gasteiger partial charge in [0.2, 0.25) is 0 Å². The molecule has 3 aromatic rings. The maximum Gasteiger partial charge on any atom is 0.263 e. The highest BCUT2D eigenvalue weighted by molar-refractivity contribution is 7.13. The standard InChI is InChI=1S/C24H26N2O2S/c1-18-4-9-23(29-18)24(27)26-13-10-20(11-14-26)15-19-5-7-21(8-6-19)17-28-22-3-2-12-25-16-22/h2-9,12,16,20H,10-11,13-15,17H2,1H3. The Morgan fingerprint density at radius 3 is 2.52 bits per heavy atom. The molecule has 1 aromatic carbocycles. The Hall–Kier alpha value is -2.66. The Kier molecular flexibility index (Phi) is 6.25. The smallest absolute Gasteiger partial charge is 0.263 e. The molecule has 29 heavy (non-hydrogen) atoms. The summed E-state index contributed by atoms with van der Waals surface area (Å²) in [4.78, 5) is 20.7. The Balaban J connectivity index is 1.24. The van der Waals surface area contributed by atoms with Gasteiger partial charge >= 0.3 is 0 Å². The van der Waals surface area contributed by atoms with E-state index >= 15 is 0 Å². The van der Waals surface area contributed by atoms with Gasteiger partial charge in [0, 0.05) is 24.2 Å². The molecule has 1 saturated heterocycles. The summed E-state index contributed by atoms with van der Waals surface area (Å²) in [5.41, 5.74) is 2.51. The van der Waals surface area contributed by atoms with Crippen molar-refractivity contribution < 1.29 is 9.53 Å². The first-order valence-electron chi connectivity index (χ1n) is 10.1. The SMILES string of the molecule is Cc1ccc(C(=O)N2CCC(Cc3ccc(COc4cccnc4)cc3)CC2)s1. The molecule has 4 rings (SSSR count). The summed E-state index contributed by atoms with van der Waals surface area (Å²) in [6.07, 6.45) is 6.68. The Bertz CT molecular complexity index is 929. The van der Waals surface area contributed by atoms with Gasteiger partial charge in [-0.15, -0.1) is 11.3 Å². The van der Waals surface area contributed by atoms with E-state index in [0.717, 1.165) is 48.5 Å². The number of carbonyl (C=O) groups excluding carboxylic acids is 1. The van der Waals surface area contributed by atoms with Crippen LogP contribution in [0.15, 0.2) is 60.9 Å². The lowest BCUT2D eigenvalue weighted by Gasteiger charge is -2.32. The molecule has 0 atom stereocenters. The van der Waals surface area contributed by atoms with Crippen LogP contribution in [-0.4, -0.2) is 28.9 Å². The minimum Gasteiger partial charge on any atom is -0.487 e. The van der Waals surface area contributed by atoms with Gasteiger partial charge in [0.05, 0.1) is 11.1 Å². The van der Waals surface area contributed by atoms with Gasteiger partial charge in [-0.3, -0.25) is 9.78 Å². The number of rotatable bonds is 6. The first-order valence-corrected chi connectivity index (χ1v) is 11.0. The Morgan fingerprint density at radius 2 is 1.86 bits per heavy atom. The largest absolute Gasteiger partial charge is 0.487 e. The number of pyridine rings is 1. The van der Waals surface area contributed by atoms with Gasteiger partial charge < -0.3 is 9.64 Å². The van der Waals surface area contributed by atoms with Crippen molar-refractivity contribution >= 4 is 17.2 Å². The summed E-state index contributed by atoms with van der Waals surface area (Å²) in [6.45, 7) is 4.31. The van der Waals surface area contributed by atoms with Gasteiger partial charge in [0.25, 0.3) is 5.91 Å². The van der Waals surface area contributed by atoms with E-state index in [4.69, 9.17) is 4.74 Å². The fourth-order valence-corrected chi connectivity index (χ4v) is 4.58. The lowest BCUT2D eigenvalue weighted by molar-refractivity contribution is 0.0695. The van der Waals surface area contributed by atoms with Crippen molar-refractivity contribution in [1.29, 1.82) is 0 Å². The van der Waals surface area contributed by atoms with E-state index < -0.39 is 0 Å². The summed E-state index contributed by atoms with van der Waals surface area (Å²) >= 11 is 1.59. The molecule has 4 nitrogen and oxygen atoms in total. The van der Waals surface area contributed by atoms with Crippen LogP contribution >= 0.6 is 11.3 Å². The lowest BCUT2D eigenvalue weighted by Crippen LogP contribution is -2.38. The first-order chi connectivity index (χ1) is 14.2. The Morgan fingerprint density at radius 1 is 1.10 bits per heavy atom. The second-order valence-electron chi connectivity index (χ2n) is 7.64. The van der Waals surface area contributed by atoms with Gasteiger partial charge in [-0.2, -0.15) is 0 Å². The molecule has 3 heterocycles. The van der Waals surface area contributed by atoms with E-state index in [0.29, 0.717) is 12.5 Å². The van der Waals surface area contributed by atoms with Crippen LogP contribution in [0.25, 0.3) is 0 Å². The fourth-order valence-electron chi connectivity index (χ4n) is 3.75. The minimum absolute atomic E-state index is 0.194. The number of carbonyl (C=O) groups is 1. The van der Waals surface area contributed by atoms with Crippen molar-refractivity contribution in [2.75, 3.05) is 13.1 Å². The summed E-state index contributed by atoms with van der Waals surface area (Å²) in [7, 11) is 0. The second kappa shape index (κ2) is 9.23. The lowest BCUT2D eigenvalue weighted by atomic mass is 9.90. The molecule has 1 aliphatic heterocycles. The number of piperidine rings is 1. The maximum absolute atomic E-state index is 12.6. The quantitative estimate of drug-likeness (QED) is 0.570. The van der Waals surface area contributed by atoms with E-state index in [-0.39, 0.29) is 5.91 Å². The molecule has 0 spiro atoms. The molecule has 0 saturated carbocycles. The van der Waals surface area contributed by atoms with E-state index in [1.54, 1.807) is 23.7 Å². The summed E-state index contributed by atoms with van der Waals surface area (Å²) in [6, 6.07) is 16.5. The number of amides is 1. The summed E-state index contributed by atoms with van der Waals surface area (Å²) in [5.74, 6) is 1.62. The molecular formula is C24H26N2O2S. The number of aromatic nitrogens is 1. The third-order valence-electron chi connectivity index (χ3n) is 5.44. The highest BCUT2D eigenvalue weighted by Crippen LogP contribution is 2.25. The Labute approximate surface area is 176 Å². The number of benzene rings is 1. The van der Waals surface area contributed by atoms with Crippen LogP contribution in [0.4, 0.5) is 0 Å². The number of hydrogen-bond acceptors (Lipinski definition) is 4. The summed E-state index contributed by atoms with van der Waals surface area (Å²) < 4.78 is 5.75. The number of nitrogens with zero attached hydrogens (tertiary/aromatic N) is 2. The van der Waals surface area contributed by atoms with E-state index in [9.17, 15) is 4.79 Å². The number of ether oxygens (including phenoxy) is 1. The molecule has 0 aliphatic carbocycles. The third kappa shape index (κ3) is 5.24. The average molecular weight is 407 g/mol. The molecule has 1 amide bonds. The minimum atomic E-state index is 0.194. The van der Waals surface area contributed by atoms with Crippen molar-refractivity contribution in [2.24, 2.45) is 5.92 Å². The molecular weight excluding hydrogens is 380 g/mol. The van der Waals surface area contributed by atoms with Gasteiger partial charge in [-0.25, -0.2) is 0 Å². The molecule has 0 unspecified atom stereocenters. The number of likely N-dealkylation sites (tertiary alicyclic amines) is 1. The van der Waals surface area contributed by atoms with Crippen LogP contribution < -0.4 is 4.74 Å². The molecule has 150 valence electrons. The van der Waals surface area contributed by atoms with Crippen LogP contribution in [0.3, 0.4) is 0 Å². The predicted molar refractivity (Wildman–Crippen MR) is 116 cm³/mol. The second-order valence-corrected chi connectivity index (χ2v) is 8.93. The van der Waals surface area contributed by atoms with Gasteiger partial charge in [-0.1, -0.05) is 24.3 Å². The van der Waals surface area contributed by atoms with Crippen LogP contribution in [-0.2, 0) is 13.0 Å². The van der Waals surface area contributed by atoms with Crippen LogP contribution in [0.1, 0.15) is 38.5 Å². The topological polar surface area (TPSA) is 42.4 Å². The first kappa shape index (κ1) is 19.6. The molecule has 0 bridgehead atoms. The zero-order valence-electron chi connectivity index (χ0n) is 16.7. The molecule has 1 aliphatic rings. The third-order valence-corrected chi connectivity index (χ3v) is 6.43. The van der Waals surface area contributed by atoms with Gasteiger partial charge in [-0.05, 0) is 67.5 Å². The average Bonchev–Trinajstić information content (AvgIpc) is 3.20. The van der Waals surface area contributed by atoms with Gasteiger partial charge in [0.15, 0.2) is 0 Å². The highest BCUT2D eigenvalue weighted by Gasteiger charge is 2.24. The van der Waals surface area contributed by atoms with E-state index in [1.165, 1.54) is 10.4 Å². The van der Waals surface area contributed by atoms with E-state index in [2.05, 4.69) is 29.2 Å². The number of thiophene rings is 1. The fraction of sp³-hybridized carbons (Fsp3) is 0.333. The zero-order chi connectivity index (χ0) is 20.1. The molecule has 1 fully saturated rings. The zero-order valence-corrected chi connectivity index (χ0v) is 17.5. The van der Waals surface area contributed by atoms with Crippen LogP contribution in [0, 0.1) is 12.8 Å². The monoisotopic (exact) mass is 406 g/mol. The molecule has 5 heteroatoms. The van der Waals surface area contributed by atoms with E-state index in [1.807, 2.05) is 36.1 Å². The van der Waals surface area contributed by atoms with Crippen molar-refractivity contribution in [2.45, 2.75) is 32.8 Å². The van der Waals surface area contributed by atoms with Crippen LogP contribution in [0.5, 0.6) is 5.75 Å². The number of hydrogen-bond donors (Lipinski definition) is 0. The number of aryl methyl sites for hydroxylation is 1. The molecule has 2 aromatic heterocycles.